The highest BCUT2D eigenvalue weighted by Gasteiger charge is 2.43. The van der Waals surface area contributed by atoms with Crippen molar-refractivity contribution in [2.24, 2.45) is 11.1 Å². The van der Waals surface area contributed by atoms with E-state index in [1.54, 1.807) is 20.9 Å². The topological polar surface area (TPSA) is 116 Å². The maximum Gasteiger partial charge on any atom is 0.225 e. The second-order valence-electron chi connectivity index (χ2n) is 5.77. The molecule has 1 rings (SSSR count). The Labute approximate surface area is 118 Å². The first-order chi connectivity index (χ1) is 9.12. The SMILES string of the molecule is CN1CC(C#N)(NC(=O)[CH]CC(C)(C)C(N)=O)CC1=O. The molecule has 1 radical (unpaired) electrons. The molecule has 1 atom stereocenters. The highest BCUT2D eigenvalue weighted by atomic mass is 16.2. The van der Waals surface area contributed by atoms with E-state index in [9.17, 15) is 19.6 Å². The second-order valence-corrected chi connectivity index (χ2v) is 5.77. The summed E-state index contributed by atoms with van der Waals surface area (Å²) in [6, 6.07) is 1.98. The van der Waals surface area contributed by atoms with Crippen LogP contribution in [0.2, 0.25) is 0 Å². The van der Waals surface area contributed by atoms with Crippen LogP contribution in [0.1, 0.15) is 26.7 Å². The molecule has 3 N–H and O–H groups in total. The van der Waals surface area contributed by atoms with Crippen LogP contribution in [0.15, 0.2) is 0 Å². The molecule has 0 spiro atoms. The number of primary amides is 1. The smallest absolute Gasteiger partial charge is 0.225 e. The van der Waals surface area contributed by atoms with Crippen LogP contribution in [0.3, 0.4) is 0 Å². The van der Waals surface area contributed by atoms with Crippen molar-refractivity contribution in [3.05, 3.63) is 6.42 Å². The molecule has 0 aliphatic carbocycles. The van der Waals surface area contributed by atoms with Crippen molar-refractivity contribution < 1.29 is 14.4 Å². The van der Waals surface area contributed by atoms with E-state index < -0.39 is 22.8 Å². The highest BCUT2D eigenvalue weighted by Crippen LogP contribution is 2.23. The van der Waals surface area contributed by atoms with Gasteiger partial charge in [0, 0.05) is 12.5 Å². The van der Waals surface area contributed by atoms with Gasteiger partial charge in [-0.15, -0.1) is 0 Å². The van der Waals surface area contributed by atoms with Gasteiger partial charge in [0.05, 0.1) is 25.5 Å². The molecule has 1 unspecified atom stereocenters. The van der Waals surface area contributed by atoms with Crippen molar-refractivity contribution in [3.63, 3.8) is 0 Å². The fraction of sp³-hybridized carbons (Fsp3) is 0.615. The molecule has 0 aromatic heterocycles. The first-order valence-electron chi connectivity index (χ1n) is 6.22. The Morgan fingerprint density at radius 2 is 2.20 bits per heavy atom. The Morgan fingerprint density at radius 1 is 1.60 bits per heavy atom. The monoisotopic (exact) mass is 279 g/mol. The van der Waals surface area contributed by atoms with E-state index in [2.05, 4.69) is 5.32 Å². The molecule has 0 bridgehead atoms. The van der Waals surface area contributed by atoms with Crippen LogP contribution in [-0.4, -0.2) is 41.8 Å². The lowest BCUT2D eigenvalue weighted by Crippen LogP contribution is -2.49. The van der Waals surface area contributed by atoms with Crippen molar-refractivity contribution in [3.8, 4) is 6.07 Å². The molecule has 1 aliphatic heterocycles. The van der Waals surface area contributed by atoms with Crippen LogP contribution in [0.5, 0.6) is 0 Å². The van der Waals surface area contributed by atoms with E-state index in [0.29, 0.717) is 0 Å². The Balaban J connectivity index is 2.61. The number of rotatable bonds is 5. The van der Waals surface area contributed by atoms with Gasteiger partial charge in [0.2, 0.25) is 17.7 Å². The van der Waals surface area contributed by atoms with Gasteiger partial charge in [-0.2, -0.15) is 5.26 Å². The van der Waals surface area contributed by atoms with Gasteiger partial charge in [0.25, 0.3) is 0 Å². The minimum atomic E-state index is -1.20. The Bertz CT molecular complexity index is 480. The Morgan fingerprint density at radius 3 is 2.60 bits per heavy atom. The maximum atomic E-state index is 11.8. The van der Waals surface area contributed by atoms with E-state index in [4.69, 9.17) is 5.73 Å². The van der Waals surface area contributed by atoms with Crippen LogP contribution in [0, 0.1) is 23.2 Å². The van der Waals surface area contributed by atoms with Crippen molar-refractivity contribution in [2.75, 3.05) is 13.6 Å². The average Bonchev–Trinajstić information content (AvgIpc) is 2.63. The van der Waals surface area contributed by atoms with Crippen molar-refractivity contribution in [1.29, 1.82) is 5.26 Å². The summed E-state index contributed by atoms with van der Waals surface area (Å²) in [6.07, 6.45) is 1.41. The maximum absolute atomic E-state index is 11.8. The molecular weight excluding hydrogens is 260 g/mol. The summed E-state index contributed by atoms with van der Waals surface area (Å²) < 4.78 is 0. The summed E-state index contributed by atoms with van der Waals surface area (Å²) in [7, 11) is 1.58. The van der Waals surface area contributed by atoms with Gasteiger partial charge >= 0.3 is 0 Å². The number of hydrogen-bond donors (Lipinski definition) is 2. The third-order valence-electron chi connectivity index (χ3n) is 3.43. The number of amides is 3. The molecule has 1 heterocycles. The Hall–Kier alpha value is -2.10. The second kappa shape index (κ2) is 5.49. The van der Waals surface area contributed by atoms with Gasteiger partial charge < -0.3 is 16.0 Å². The fourth-order valence-corrected chi connectivity index (χ4v) is 1.86. The summed E-state index contributed by atoms with van der Waals surface area (Å²) in [5.74, 6) is -1.18. The summed E-state index contributed by atoms with van der Waals surface area (Å²) in [4.78, 5) is 35.9. The van der Waals surface area contributed by atoms with Gasteiger partial charge in [0.15, 0.2) is 5.54 Å². The molecule has 3 amide bonds. The number of hydrogen-bond acceptors (Lipinski definition) is 4. The third kappa shape index (κ3) is 3.47. The van der Waals surface area contributed by atoms with Gasteiger partial charge in [-0.1, -0.05) is 13.8 Å². The molecule has 0 aromatic rings. The zero-order chi connectivity index (χ0) is 15.6. The molecule has 1 saturated heterocycles. The number of nitrogens with zero attached hydrogens (tertiary/aromatic N) is 2. The highest BCUT2D eigenvalue weighted by molar-refractivity contribution is 5.89. The molecule has 7 nitrogen and oxygen atoms in total. The van der Waals surface area contributed by atoms with E-state index in [1.807, 2.05) is 6.07 Å². The summed E-state index contributed by atoms with van der Waals surface area (Å²) in [6.45, 7) is 3.42. The van der Waals surface area contributed by atoms with Crippen LogP contribution >= 0.6 is 0 Å². The quantitative estimate of drug-likeness (QED) is 0.694. The standard InChI is InChI=1S/C13H19N4O3/c1-12(2,11(15)20)5-4-9(18)16-13(7-14)6-10(19)17(3)8-13/h4H,5-6,8H2,1-3H3,(H2,15,20)(H,16,18). The van der Waals surface area contributed by atoms with Gasteiger partial charge in [-0.3, -0.25) is 14.4 Å². The molecule has 20 heavy (non-hydrogen) atoms. The van der Waals surface area contributed by atoms with E-state index in [0.717, 1.165) is 0 Å². The third-order valence-corrected chi connectivity index (χ3v) is 3.43. The number of carbonyl (C=O) groups is 3. The van der Waals surface area contributed by atoms with Crippen LogP contribution in [-0.2, 0) is 14.4 Å². The minimum absolute atomic E-state index is 0.0429. The fourth-order valence-electron chi connectivity index (χ4n) is 1.86. The molecule has 0 aromatic carbocycles. The molecule has 1 fully saturated rings. The molecule has 7 heteroatoms. The van der Waals surface area contributed by atoms with Crippen molar-refractivity contribution in [2.45, 2.75) is 32.2 Å². The molecular formula is C13H19N4O3. The Kier molecular flexibility index (Phi) is 4.38. The van der Waals surface area contributed by atoms with Crippen LogP contribution < -0.4 is 11.1 Å². The van der Waals surface area contributed by atoms with E-state index in [-0.39, 0.29) is 25.3 Å². The number of likely N-dealkylation sites (N-methyl/N-ethyl adjacent to an activating group) is 1. The average molecular weight is 279 g/mol. The molecule has 109 valence electrons. The first kappa shape index (κ1) is 16.0. The number of nitrogens with one attached hydrogen (secondary N) is 1. The van der Waals surface area contributed by atoms with E-state index >= 15 is 0 Å². The summed E-state index contributed by atoms with van der Waals surface area (Å²) >= 11 is 0. The number of carbonyl (C=O) groups excluding carboxylic acids is 3. The largest absolute Gasteiger partial charge is 0.369 e. The van der Waals surface area contributed by atoms with Gasteiger partial charge in [0.1, 0.15) is 0 Å². The van der Waals surface area contributed by atoms with Gasteiger partial charge in [-0.25, -0.2) is 0 Å². The normalized spacial score (nSPS) is 22.5. The van der Waals surface area contributed by atoms with Gasteiger partial charge in [-0.05, 0) is 6.42 Å². The number of nitrogens with two attached hydrogens (primary N) is 1. The van der Waals surface area contributed by atoms with Crippen LogP contribution in [0.4, 0.5) is 0 Å². The zero-order valence-corrected chi connectivity index (χ0v) is 11.9. The molecule has 1 aliphatic rings. The van der Waals surface area contributed by atoms with Crippen LogP contribution in [0.25, 0.3) is 0 Å². The lowest BCUT2D eigenvalue weighted by atomic mass is 9.87. The predicted molar refractivity (Wildman–Crippen MR) is 70.6 cm³/mol. The minimum Gasteiger partial charge on any atom is -0.369 e. The summed E-state index contributed by atoms with van der Waals surface area (Å²) in [5, 5.41) is 11.7. The van der Waals surface area contributed by atoms with E-state index in [1.165, 1.54) is 11.3 Å². The first-order valence-corrected chi connectivity index (χ1v) is 6.22. The molecule has 0 saturated carbocycles. The number of likely N-dealkylation sites (tertiary alicyclic amines) is 1. The van der Waals surface area contributed by atoms with Crippen molar-refractivity contribution in [1.82, 2.24) is 10.2 Å². The lowest BCUT2D eigenvalue weighted by molar-refractivity contribution is -0.127. The van der Waals surface area contributed by atoms with Crippen molar-refractivity contribution >= 4 is 17.7 Å². The summed E-state index contributed by atoms with van der Waals surface area (Å²) in [5.41, 5.74) is 3.18. The lowest BCUT2D eigenvalue weighted by Gasteiger charge is -2.23. The number of nitriles is 1. The predicted octanol–water partition coefficient (Wildman–Crippen LogP) is -0.667. The zero-order valence-electron chi connectivity index (χ0n) is 11.9.